The molecular formula is C16H12N6OS. The number of hydrogen-bond acceptors (Lipinski definition) is 6. The summed E-state index contributed by atoms with van der Waals surface area (Å²) in [4.78, 5) is 28.9. The van der Waals surface area contributed by atoms with Crippen LogP contribution < -0.4 is 11.1 Å². The van der Waals surface area contributed by atoms with Crippen LogP contribution in [0.25, 0.3) is 21.6 Å². The van der Waals surface area contributed by atoms with Crippen LogP contribution in [0.1, 0.15) is 10.5 Å². The highest BCUT2D eigenvalue weighted by atomic mass is 32.1. The first-order valence-electron chi connectivity index (χ1n) is 7.10. The third-order valence-electron chi connectivity index (χ3n) is 3.51. The van der Waals surface area contributed by atoms with Gasteiger partial charge in [0.05, 0.1) is 28.0 Å². The molecule has 0 spiro atoms. The molecule has 0 unspecified atom stereocenters. The maximum Gasteiger partial charge on any atom is 0.275 e. The molecule has 118 valence electrons. The van der Waals surface area contributed by atoms with E-state index in [1.165, 1.54) is 17.5 Å². The summed E-state index contributed by atoms with van der Waals surface area (Å²) in [6.07, 6.45) is 4.92. The topological polar surface area (TPSA) is 110 Å². The van der Waals surface area contributed by atoms with E-state index in [1.807, 2.05) is 12.1 Å². The van der Waals surface area contributed by atoms with Crippen LogP contribution in [-0.4, -0.2) is 25.8 Å². The highest BCUT2D eigenvalue weighted by Crippen LogP contribution is 2.29. The predicted octanol–water partition coefficient (Wildman–Crippen LogP) is 2.92. The van der Waals surface area contributed by atoms with Crippen molar-refractivity contribution in [2.24, 2.45) is 0 Å². The Morgan fingerprint density at radius 3 is 3.00 bits per heavy atom. The molecule has 7 nitrogen and oxygen atoms in total. The van der Waals surface area contributed by atoms with Crippen molar-refractivity contribution >= 4 is 39.8 Å². The number of nitrogens with one attached hydrogen (secondary N) is 2. The number of fused-ring (bicyclic) bond motifs is 1. The van der Waals surface area contributed by atoms with E-state index in [0.717, 1.165) is 10.4 Å². The Bertz CT molecular complexity index is 1020. The molecule has 4 aromatic rings. The lowest BCUT2D eigenvalue weighted by atomic mass is 10.1. The average molecular weight is 336 g/mol. The molecule has 0 atom stereocenters. The fourth-order valence-electron chi connectivity index (χ4n) is 2.30. The summed E-state index contributed by atoms with van der Waals surface area (Å²) in [5.41, 5.74) is 11.2. The summed E-state index contributed by atoms with van der Waals surface area (Å²) in [5.74, 6) is -0.362. The van der Waals surface area contributed by atoms with Gasteiger partial charge in [0, 0.05) is 12.4 Å². The average Bonchev–Trinajstić information content (AvgIpc) is 3.27. The minimum Gasteiger partial charge on any atom is -0.397 e. The van der Waals surface area contributed by atoms with Crippen LogP contribution in [0.4, 0.5) is 11.4 Å². The molecule has 4 N–H and O–H groups in total. The van der Waals surface area contributed by atoms with Gasteiger partial charge in [0.2, 0.25) is 0 Å². The first-order chi connectivity index (χ1) is 11.7. The second-order valence-electron chi connectivity index (χ2n) is 5.09. The Kier molecular flexibility index (Phi) is 3.43. The second-order valence-corrected chi connectivity index (χ2v) is 5.97. The van der Waals surface area contributed by atoms with Crippen molar-refractivity contribution in [1.29, 1.82) is 0 Å². The zero-order chi connectivity index (χ0) is 16.5. The van der Waals surface area contributed by atoms with Gasteiger partial charge in [0.25, 0.3) is 5.91 Å². The van der Waals surface area contributed by atoms with Crippen LogP contribution in [0.15, 0.2) is 48.4 Å². The number of carbonyl (C=O) groups is 1. The summed E-state index contributed by atoms with van der Waals surface area (Å²) < 4.78 is 0. The van der Waals surface area contributed by atoms with Crippen molar-refractivity contribution in [3.05, 3.63) is 54.1 Å². The van der Waals surface area contributed by atoms with Crippen LogP contribution in [0.3, 0.4) is 0 Å². The zero-order valence-electron chi connectivity index (χ0n) is 12.4. The third-order valence-corrected chi connectivity index (χ3v) is 4.33. The molecule has 0 radical (unpaired) electrons. The Hall–Kier alpha value is -3.26. The van der Waals surface area contributed by atoms with E-state index in [2.05, 4.69) is 25.3 Å². The highest BCUT2D eigenvalue weighted by Gasteiger charge is 2.12. The van der Waals surface area contributed by atoms with Crippen molar-refractivity contribution in [3.63, 3.8) is 0 Å². The molecule has 0 aliphatic rings. The van der Waals surface area contributed by atoms with E-state index in [1.54, 1.807) is 30.0 Å². The molecule has 4 rings (SSSR count). The van der Waals surface area contributed by atoms with Crippen LogP contribution >= 0.6 is 11.3 Å². The number of H-pyrrole nitrogens is 1. The lowest BCUT2D eigenvalue weighted by Crippen LogP contribution is -2.15. The molecule has 24 heavy (non-hydrogen) atoms. The fraction of sp³-hybridized carbons (Fsp3) is 0. The summed E-state index contributed by atoms with van der Waals surface area (Å²) in [7, 11) is 0. The number of aromatic nitrogens is 4. The van der Waals surface area contributed by atoms with E-state index >= 15 is 0 Å². The van der Waals surface area contributed by atoms with E-state index < -0.39 is 0 Å². The van der Waals surface area contributed by atoms with Gasteiger partial charge in [0.15, 0.2) is 5.65 Å². The molecule has 1 aromatic carbocycles. The number of hydrogen-bond donors (Lipinski definition) is 3. The smallest absolute Gasteiger partial charge is 0.275 e. The lowest BCUT2D eigenvalue weighted by Gasteiger charge is -2.09. The van der Waals surface area contributed by atoms with Crippen LogP contribution in [-0.2, 0) is 0 Å². The molecule has 3 heterocycles. The minimum atomic E-state index is -0.362. The van der Waals surface area contributed by atoms with Crippen molar-refractivity contribution in [2.45, 2.75) is 0 Å². The van der Waals surface area contributed by atoms with E-state index in [-0.39, 0.29) is 11.6 Å². The second kappa shape index (κ2) is 5.74. The van der Waals surface area contributed by atoms with Gasteiger partial charge in [-0.05, 0) is 23.8 Å². The molecule has 0 aliphatic carbocycles. The molecule has 0 aliphatic heterocycles. The third kappa shape index (κ3) is 2.59. The van der Waals surface area contributed by atoms with Gasteiger partial charge in [-0.2, -0.15) is 0 Å². The molecule has 0 saturated carbocycles. The van der Waals surface area contributed by atoms with Crippen LogP contribution in [0.5, 0.6) is 0 Å². The molecular weight excluding hydrogens is 324 g/mol. The van der Waals surface area contributed by atoms with Crippen LogP contribution in [0.2, 0.25) is 0 Å². The predicted molar refractivity (Wildman–Crippen MR) is 93.8 cm³/mol. The van der Waals surface area contributed by atoms with Crippen LogP contribution in [0, 0.1) is 0 Å². The maximum absolute atomic E-state index is 12.4. The number of aromatic amines is 1. The highest BCUT2D eigenvalue weighted by molar-refractivity contribution is 7.13. The van der Waals surface area contributed by atoms with Crippen molar-refractivity contribution in [3.8, 4) is 10.4 Å². The Labute approximate surface area is 140 Å². The van der Waals surface area contributed by atoms with E-state index in [9.17, 15) is 4.79 Å². The van der Waals surface area contributed by atoms with Crippen molar-refractivity contribution < 1.29 is 4.79 Å². The van der Waals surface area contributed by atoms with Gasteiger partial charge in [-0.25, -0.2) is 9.97 Å². The first kappa shape index (κ1) is 14.3. The Morgan fingerprint density at radius 1 is 1.25 bits per heavy atom. The Balaban J connectivity index is 1.64. The Morgan fingerprint density at radius 2 is 2.17 bits per heavy atom. The summed E-state index contributed by atoms with van der Waals surface area (Å²) in [6, 6.07) is 7.23. The minimum absolute atomic E-state index is 0.227. The number of benzene rings is 1. The number of nitrogen functional groups attached to an aromatic ring is 1. The normalized spacial score (nSPS) is 10.8. The molecule has 0 bridgehead atoms. The van der Waals surface area contributed by atoms with Gasteiger partial charge in [0.1, 0.15) is 11.2 Å². The molecule has 0 fully saturated rings. The largest absolute Gasteiger partial charge is 0.397 e. The quantitative estimate of drug-likeness (QED) is 0.498. The molecule has 0 saturated heterocycles. The SMILES string of the molecule is Nc1ccc(-c2cncs2)cc1NC(=O)c1cnc2[nH]ccc2n1. The number of nitrogens with two attached hydrogens (primary N) is 1. The number of anilines is 2. The number of carbonyl (C=O) groups excluding carboxylic acids is 1. The van der Waals surface area contributed by atoms with Crippen molar-refractivity contribution in [1.82, 2.24) is 19.9 Å². The van der Waals surface area contributed by atoms with Gasteiger partial charge in [-0.3, -0.25) is 9.78 Å². The molecule has 1 amide bonds. The maximum atomic E-state index is 12.4. The summed E-state index contributed by atoms with van der Waals surface area (Å²) in [6.45, 7) is 0. The monoisotopic (exact) mass is 336 g/mol. The fourth-order valence-corrected chi connectivity index (χ4v) is 2.92. The van der Waals surface area contributed by atoms with Crippen molar-refractivity contribution in [2.75, 3.05) is 11.1 Å². The van der Waals surface area contributed by atoms with Gasteiger partial charge in [-0.1, -0.05) is 6.07 Å². The van der Waals surface area contributed by atoms with Gasteiger partial charge in [-0.15, -0.1) is 11.3 Å². The number of rotatable bonds is 3. The number of amides is 1. The molecule has 8 heteroatoms. The van der Waals surface area contributed by atoms with Gasteiger partial charge >= 0.3 is 0 Å². The van der Waals surface area contributed by atoms with Gasteiger partial charge < -0.3 is 16.0 Å². The summed E-state index contributed by atoms with van der Waals surface area (Å²) >= 11 is 1.52. The standard InChI is InChI=1S/C16H12N6OS/c17-10-2-1-9(14-7-18-8-24-14)5-12(10)22-16(23)13-6-20-15-11(21-13)3-4-19-15/h1-8H,17H2,(H,19,20)(H,22,23). The number of nitrogens with zero attached hydrogens (tertiary/aromatic N) is 3. The van der Waals surface area contributed by atoms with E-state index in [0.29, 0.717) is 22.5 Å². The van der Waals surface area contributed by atoms with E-state index in [4.69, 9.17) is 5.73 Å². The summed E-state index contributed by atoms with van der Waals surface area (Å²) in [5, 5.41) is 2.79. The number of thiazole rings is 1. The molecule has 3 aromatic heterocycles. The lowest BCUT2D eigenvalue weighted by molar-refractivity contribution is 0.102. The zero-order valence-corrected chi connectivity index (χ0v) is 13.2. The first-order valence-corrected chi connectivity index (χ1v) is 7.98.